The van der Waals surface area contributed by atoms with Gasteiger partial charge in [-0.1, -0.05) is 18.2 Å². The lowest BCUT2D eigenvalue weighted by molar-refractivity contribution is -0.137. The van der Waals surface area contributed by atoms with Crippen LogP contribution in [0, 0.1) is 0 Å². The summed E-state index contributed by atoms with van der Waals surface area (Å²) in [7, 11) is 4.13. The van der Waals surface area contributed by atoms with E-state index in [2.05, 4.69) is 19.0 Å². The predicted octanol–water partition coefficient (Wildman–Crippen LogP) is 4.29. The Labute approximate surface area is 112 Å². The second-order valence-corrected chi connectivity index (χ2v) is 5.59. The van der Waals surface area contributed by atoms with E-state index in [0.29, 0.717) is 6.04 Å². The highest BCUT2D eigenvalue weighted by atomic mass is 19.4. The van der Waals surface area contributed by atoms with Crippen LogP contribution in [0.4, 0.5) is 13.2 Å². The van der Waals surface area contributed by atoms with Crippen molar-refractivity contribution < 1.29 is 13.2 Å². The number of benzene rings is 1. The van der Waals surface area contributed by atoms with Gasteiger partial charge in [0.15, 0.2) is 0 Å². The highest BCUT2D eigenvalue weighted by molar-refractivity contribution is 5.28. The molecule has 0 amide bonds. The molecule has 0 radical (unpaired) electrons. The number of alkyl halides is 3. The Morgan fingerprint density at radius 2 is 1.68 bits per heavy atom. The summed E-state index contributed by atoms with van der Waals surface area (Å²) in [5, 5.41) is 0. The number of rotatable bonds is 2. The molecule has 0 aromatic heterocycles. The average molecular weight is 271 g/mol. The molecule has 1 saturated carbocycles. The van der Waals surface area contributed by atoms with Crippen LogP contribution in [0.3, 0.4) is 0 Å². The maximum absolute atomic E-state index is 12.7. The maximum atomic E-state index is 12.7. The molecular formula is C15H20F3N. The quantitative estimate of drug-likeness (QED) is 0.775. The molecule has 0 unspecified atom stereocenters. The van der Waals surface area contributed by atoms with Crippen molar-refractivity contribution in [1.82, 2.24) is 4.90 Å². The summed E-state index contributed by atoms with van der Waals surface area (Å²) in [4.78, 5) is 2.21. The molecule has 1 nitrogen and oxygen atoms in total. The lowest BCUT2D eigenvalue weighted by Gasteiger charge is -2.33. The zero-order chi connectivity index (χ0) is 14.0. The summed E-state index contributed by atoms with van der Waals surface area (Å²) in [5.74, 6) is 0.276. The van der Waals surface area contributed by atoms with Crippen molar-refractivity contribution in [3.8, 4) is 0 Å². The van der Waals surface area contributed by atoms with Crippen LogP contribution < -0.4 is 0 Å². The molecule has 0 aliphatic heterocycles. The zero-order valence-corrected chi connectivity index (χ0v) is 11.4. The molecule has 2 rings (SSSR count). The van der Waals surface area contributed by atoms with Crippen LogP contribution in [-0.2, 0) is 6.18 Å². The Morgan fingerprint density at radius 1 is 1.05 bits per heavy atom. The smallest absolute Gasteiger partial charge is 0.306 e. The van der Waals surface area contributed by atoms with Crippen LogP contribution in [0.5, 0.6) is 0 Å². The number of hydrogen-bond donors (Lipinski definition) is 0. The van der Waals surface area contributed by atoms with E-state index in [0.717, 1.165) is 37.3 Å². The molecule has 0 atom stereocenters. The molecular weight excluding hydrogens is 251 g/mol. The summed E-state index contributed by atoms with van der Waals surface area (Å²) < 4.78 is 38.1. The fourth-order valence-electron chi connectivity index (χ4n) is 2.89. The van der Waals surface area contributed by atoms with Gasteiger partial charge < -0.3 is 4.90 Å². The summed E-state index contributed by atoms with van der Waals surface area (Å²) in [6.45, 7) is 0. The third-order valence-corrected chi connectivity index (χ3v) is 4.11. The first-order valence-electron chi connectivity index (χ1n) is 6.71. The van der Waals surface area contributed by atoms with Gasteiger partial charge in [0, 0.05) is 6.04 Å². The lowest BCUT2D eigenvalue weighted by atomic mass is 9.81. The second-order valence-electron chi connectivity index (χ2n) is 5.59. The van der Waals surface area contributed by atoms with Gasteiger partial charge in [0.1, 0.15) is 0 Å². The number of nitrogens with zero attached hydrogens (tertiary/aromatic N) is 1. The van der Waals surface area contributed by atoms with Crippen LogP contribution in [-0.4, -0.2) is 25.0 Å². The van der Waals surface area contributed by atoms with Gasteiger partial charge >= 0.3 is 6.18 Å². The predicted molar refractivity (Wildman–Crippen MR) is 70.1 cm³/mol. The molecule has 1 aliphatic rings. The van der Waals surface area contributed by atoms with Gasteiger partial charge in [0.25, 0.3) is 0 Å². The van der Waals surface area contributed by atoms with E-state index in [1.807, 2.05) is 6.07 Å². The van der Waals surface area contributed by atoms with Crippen LogP contribution >= 0.6 is 0 Å². The largest absolute Gasteiger partial charge is 0.416 e. The van der Waals surface area contributed by atoms with Crippen molar-refractivity contribution in [2.75, 3.05) is 14.1 Å². The first kappa shape index (κ1) is 14.4. The highest BCUT2D eigenvalue weighted by Gasteiger charge is 2.31. The zero-order valence-electron chi connectivity index (χ0n) is 11.4. The SMILES string of the molecule is CN(C)[C@H]1CC[C@H](c2cccc(C(F)(F)F)c2)CC1. The molecule has 1 aromatic rings. The van der Waals surface area contributed by atoms with Crippen molar-refractivity contribution in [1.29, 1.82) is 0 Å². The standard InChI is InChI=1S/C15H20F3N/c1-19(2)14-8-6-11(7-9-14)12-4-3-5-13(10-12)15(16,17)18/h3-5,10-11,14H,6-9H2,1-2H3/t11-,14-. The molecule has 0 spiro atoms. The van der Waals surface area contributed by atoms with Gasteiger partial charge in [-0.15, -0.1) is 0 Å². The monoisotopic (exact) mass is 271 g/mol. The van der Waals surface area contributed by atoms with E-state index in [-0.39, 0.29) is 5.92 Å². The third-order valence-electron chi connectivity index (χ3n) is 4.11. The molecule has 4 heteroatoms. The fraction of sp³-hybridized carbons (Fsp3) is 0.600. The summed E-state index contributed by atoms with van der Waals surface area (Å²) in [6, 6.07) is 6.39. The molecule has 0 N–H and O–H groups in total. The van der Waals surface area contributed by atoms with E-state index in [1.165, 1.54) is 12.1 Å². The molecule has 1 aliphatic carbocycles. The maximum Gasteiger partial charge on any atom is 0.416 e. The first-order valence-corrected chi connectivity index (χ1v) is 6.71. The topological polar surface area (TPSA) is 3.24 Å². The Bertz CT molecular complexity index is 418. The van der Waals surface area contributed by atoms with Crippen LogP contribution in [0.2, 0.25) is 0 Å². The Balaban J connectivity index is 2.08. The van der Waals surface area contributed by atoms with E-state index < -0.39 is 11.7 Å². The van der Waals surface area contributed by atoms with E-state index >= 15 is 0 Å². The van der Waals surface area contributed by atoms with Crippen LogP contribution in [0.25, 0.3) is 0 Å². The lowest BCUT2D eigenvalue weighted by Crippen LogP contribution is -2.31. The second kappa shape index (κ2) is 5.53. The summed E-state index contributed by atoms with van der Waals surface area (Å²) in [6.07, 6.45) is -0.160. The minimum absolute atomic E-state index is 0.276. The van der Waals surface area contributed by atoms with Crippen molar-refractivity contribution in [2.45, 2.75) is 43.8 Å². The third kappa shape index (κ3) is 3.50. The minimum Gasteiger partial charge on any atom is -0.306 e. The molecule has 0 bridgehead atoms. The van der Waals surface area contributed by atoms with Crippen molar-refractivity contribution >= 4 is 0 Å². The van der Waals surface area contributed by atoms with Crippen molar-refractivity contribution in [3.05, 3.63) is 35.4 Å². The Morgan fingerprint density at radius 3 is 2.21 bits per heavy atom. The molecule has 19 heavy (non-hydrogen) atoms. The number of hydrogen-bond acceptors (Lipinski definition) is 1. The van der Waals surface area contributed by atoms with E-state index in [1.54, 1.807) is 0 Å². The molecule has 0 saturated heterocycles. The molecule has 1 fully saturated rings. The van der Waals surface area contributed by atoms with Gasteiger partial charge in [0.05, 0.1) is 5.56 Å². The van der Waals surface area contributed by atoms with Crippen molar-refractivity contribution in [2.24, 2.45) is 0 Å². The first-order chi connectivity index (χ1) is 8.88. The van der Waals surface area contributed by atoms with Crippen LogP contribution in [0.1, 0.15) is 42.7 Å². The minimum atomic E-state index is -4.24. The normalized spacial score (nSPS) is 24.7. The van der Waals surface area contributed by atoms with Crippen molar-refractivity contribution in [3.63, 3.8) is 0 Å². The molecule has 106 valence electrons. The van der Waals surface area contributed by atoms with Gasteiger partial charge in [-0.25, -0.2) is 0 Å². The molecule has 0 heterocycles. The Hall–Kier alpha value is -1.03. The van der Waals surface area contributed by atoms with E-state index in [4.69, 9.17) is 0 Å². The van der Waals surface area contributed by atoms with Crippen LogP contribution in [0.15, 0.2) is 24.3 Å². The summed E-state index contributed by atoms with van der Waals surface area (Å²) >= 11 is 0. The van der Waals surface area contributed by atoms with Gasteiger partial charge in [-0.05, 0) is 57.3 Å². The average Bonchev–Trinajstić information content (AvgIpc) is 2.38. The van der Waals surface area contributed by atoms with Gasteiger partial charge in [0.2, 0.25) is 0 Å². The fourth-order valence-corrected chi connectivity index (χ4v) is 2.89. The Kier molecular flexibility index (Phi) is 4.19. The molecule has 1 aromatic carbocycles. The van der Waals surface area contributed by atoms with Gasteiger partial charge in [-0.3, -0.25) is 0 Å². The van der Waals surface area contributed by atoms with E-state index in [9.17, 15) is 13.2 Å². The van der Waals surface area contributed by atoms with Gasteiger partial charge in [-0.2, -0.15) is 13.2 Å². The summed E-state index contributed by atoms with van der Waals surface area (Å²) in [5.41, 5.74) is 0.312. The highest BCUT2D eigenvalue weighted by Crippen LogP contribution is 2.37. The number of halogens is 3.